The Morgan fingerprint density at radius 3 is 2.75 bits per heavy atom. The van der Waals surface area contributed by atoms with E-state index in [4.69, 9.17) is 4.74 Å². The highest BCUT2D eigenvalue weighted by Crippen LogP contribution is 2.32. The predicted molar refractivity (Wildman–Crippen MR) is 124 cm³/mol. The second-order valence-corrected chi connectivity index (χ2v) is 9.19. The molecule has 4 rings (SSSR count). The number of methoxy groups -OCH3 is 1. The van der Waals surface area contributed by atoms with Gasteiger partial charge in [-0.3, -0.25) is 9.59 Å². The summed E-state index contributed by atoms with van der Waals surface area (Å²) in [5.41, 5.74) is 3.58. The number of ether oxygens (including phenoxy) is 1. The number of hydrogen-bond donors (Lipinski definition) is 2. The minimum Gasteiger partial charge on any atom is -0.497 e. The summed E-state index contributed by atoms with van der Waals surface area (Å²) in [6.07, 6.45) is 4.13. The van der Waals surface area contributed by atoms with E-state index >= 15 is 0 Å². The maximum atomic E-state index is 13.2. The third kappa shape index (κ3) is 4.41. The number of nitrogens with one attached hydrogen (secondary N) is 1. The SMILES string of the molecule is COc1ccc2c(c1)C(=CC(=O)c1cccc(C(=O)N3CCC[C@@H]3CO)c1)NC(C)(C)C2. The zero-order valence-electron chi connectivity index (χ0n) is 18.9. The molecule has 1 saturated heterocycles. The summed E-state index contributed by atoms with van der Waals surface area (Å²) in [4.78, 5) is 27.9. The minimum atomic E-state index is -0.194. The van der Waals surface area contributed by atoms with Crippen molar-refractivity contribution < 1.29 is 19.4 Å². The van der Waals surface area contributed by atoms with Crippen molar-refractivity contribution in [2.75, 3.05) is 20.3 Å². The summed E-state index contributed by atoms with van der Waals surface area (Å²) >= 11 is 0. The van der Waals surface area contributed by atoms with Crippen molar-refractivity contribution in [2.24, 2.45) is 0 Å². The molecule has 2 N–H and O–H groups in total. The minimum absolute atomic E-state index is 0.0409. The van der Waals surface area contributed by atoms with E-state index in [-0.39, 0.29) is 29.9 Å². The molecule has 2 heterocycles. The van der Waals surface area contributed by atoms with Crippen molar-refractivity contribution in [3.05, 3.63) is 70.8 Å². The van der Waals surface area contributed by atoms with Crippen LogP contribution in [0.2, 0.25) is 0 Å². The first-order valence-corrected chi connectivity index (χ1v) is 11.0. The molecule has 0 unspecified atom stereocenters. The number of carbonyl (C=O) groups is 2. The zero-order valence-corrected chi connectivity index (χ0v) is 18.9. The average molecular weight is 435 g/mol. The molecule has 168 valence electrons. The highest BCUT2D eigenvalue weighted by Gasteiger charge is 2.30. The summed E-state index contributed by atoms with van der Waals surface area (Å²) in [6.45, 7) is 4.79. The molecule has 0 aromatic heterocycles. The lowest BCUT2D eigenvalue weighted by molar-refractivity contribution is 0.0677. The number of hydrogen-bond acceptors (Lipinski definition) is 5. The van der Waals surface area contributed by atoms with Crippen molar-refractivity contribution in [1.29, 1.82) is 0 Å². The Labute approximate surface area is 188 Å². The van der Waals surface area contributed by atoms with Gasteiger partial charge >= 0.3 is 0 Å². The van der Waals surface area contributed by atoms with Gasteiger partial charge in [-0.25, -0.2) is 0 Å². The molecule has 6 heteroatoms. The second-order valence-electron chi connectivity index (χ2n) is 9.19. The lowest BCUT2D eigenvalue weighted by atomic mass is 9.85. The Hall–Kier alpha value is -3.12. The van der Waals surface area contributed by atoms with Crippen LogP contribution in [0, 0.1) is 0 Å². The van der Waals surface area contributed by atoms with Crippen molar-refractivity contribution in [1.82, 2.24) is 10.2 Å². The van der Waals surface area contributed by atoms with Crippen LogP contribution in [0.3, 0.4) is 0 Å². The zero-order chi connectivity index (χ0) is 22.9. The van der Waals surface area contributed by atoms with Crippen molar-refractivity contribution in [2.45, 2.75) is 44.7 Å². The fraction of sp³-hybridized carbons (Fsp3) is 0.385. The van der Waals surface area contributed by atoms with E-state index in [1.807, 2.05) is 18.2 Å². The van der Waals surface area contributed by atoms with Crippen LogP contribution >= 0.6 is 0 Å². The van der Waals surface area contributed by atoms with Gasteiger partial charge < -0.3 is 20.1 Å². The Balaban J connectivity index is 1.64. The quantitative estimate of drug-likeness (QED) is 0.557. The summed E-state index contributed by atoms with van der Waals surface area (Å²) in [7, 11) is 1.63. The molecule has 0 saturated carbocycles. The van der Waals surface area contributed by atoms with Gasteiger partial charge in [-0.05, 0) is 62.9 Å². The highest BCUT2D eigenvalue weighted by atomic mass is 16.5. The van der Waals surface area contributed by atoms with E-state index in [9.17, 15) is 14.7 Å². The maximum absolute atomic E-state index is 13.2. The van der Waals surface area contributed by atoms with Crippen LogP contribution in [0.5, 0.6) is 5.75 Å². The number of rotatable bonds is 5. The normalized spacial score (nSPS) is 20.6. The Bertz CT molecular complexity index is 1070. The van der Waals surface area contributed by atoms with Gasteiger partial charge in [0.1, 0.15) is 5.75 Å². The number of aliphatic hydroxyl groups excluding tert-OH is 1. The lowest BCUT2D eigenvalue weighted by Crippen LogP contribution is -2.43. The van der Waals surface area contributed by atoms with Gasteiger partial charge in [-0.15, -0.1) is 0 Å². The van der Waals surface area contributed by atoms with E-state index in [1.54, 1.807) is 42.4 Å². The van der Waals surface area contributed by atoms with Crippen LogP contribution < -0.4 is 10.1 Å². The summed E-state index contributed by atoms with van der Waals surface area (Å²) in [6, 6.07) is 12.6. The second kappa shape index (κ2) is 8.79. The van der Waals surface area contributed by atoms with E-state index in [1.165, 1.54) is 0 Å². The highest BCUT2D eigenvalue weighted by molar-refractivity contribution is 6.10. The monoisotopic (exact) mass is 434 g/mol. The fourth-order valence-electron chi connectivity index (χ4n) is 4.63. The maximum Gasteiger partial charge on any atom is 0.254 e. The molecule has 1 amide bonds. The molecule has 2 aliphatic rings. The number of allylic oxidation sites excluding steroid dienone is 1. The van der Waals surface area contributed by atoms with Gasteiger partial charge in [0.05, 0.1) is 19.8 Å². The molecule has 6 nitrogen and oxygen atoms in total. The molecular formula is C26H30N2O4. The average Bonchev–Trinajstić information content (AvgIpc) is 3.26. The first-order chi connectivity index (χ1) is 15.3. The predicted octanol–water partition coefficient (Wildman–Crippen LogP) is 3.44. The number of carbonyl (C=O) groups excluding carboxylic acids is 2. The lowest BCUT2D eigenvalue weighted by Gasteiger charge is -2.35. The number of nitrogens with zero attached hydrogens (tertiary/aromatic N) is 1. The standard InChI is InChI=1S/C26H30N2O4/c1-26(2)15-19-9-10-21(32-3)13-22(19)23(27-26)14-24(30)17-6-4-7-18(12-17)25(31)28-11-5-8-20(28)16-29/h4,6-7,9-10,12-14,20,27,29H,5,8,11,15-16H2,1-3H3/t20-/m1/s1. The molecule has 0 radical (unpaired) electrons. The van der Waals surface area contributed by atoms with Crippen LogP contribution in [-0.4, -0.2) is 53.5 Å². The molecule has 1 fully saturated rings. The molecule has 1 atom stereocenters. The van der Waals surface area contributed by atoms with Crippen LogP contribution in [0.15, 0.2) is 48.5 Å². The number of aliphatic hydroxyl groups is 1. The molecule has 0 aliphatic carbocycles. The van der Waals surface area contributed by atoms with E-state index in [0.29, 0.717) is 17.7 Å². The topological polar surface area (TPSA) is 78.9 Å². The third-order valence-electron chi connectivity index (χ3n) is 6.23. The van der Waals surface area contributed by atoms with Crippen LogP contribution in [-0.2, 0) is 6.42 Å². The molecule has 0 bridgehead atoms. The first-order valence-electron chi connectivity index (χ1n) is 11.0. The fourth-order valence-corrected chi connectivity index (χ4v) is 4.63. The number of amides is 1. The Kier molecular flexibility index (Phi) is 6.07. The van der Waals surface area contributed by atoms with Crippen molar-refractivity contribution in [3.8, 4) is 5.75 Å². The van der Waals surface area contributed by atoms with Gasteiger partial charge in [0.15, 0.2) is 5.78 Å². The van der Waals surface area contributed by atoms with Gasteiger partial charge in [-0.1, -0.05) is 18.2 Å². The molecule has 0 spiro atoms. The van der Waals surface area contributed by atoms with E-state index < -0.39 is 0 Å². The molecule has 2 aliphatic heterocycles. The van der Waals surface area contributed by atoms with Crippen LogP contribution in [0.4, 0.5) is 0 Å². The van der Waals surface area contributed by atoms with Gasteiger partial charge in [0, 0.05) is 40.5 Å². The largest absolute Gasteiger partial charge is 0.497 e. The molecule has 2 aromatic carbocycles. The number of likely N-dealkylation sites (tertiary alicyclic amines) is 1. The van der Waals surface area contributed by atoms with Crippen molar-refractivity contribution >= 4 is 17.4 Å². The Morgan fingerprint density at radius 1 is 1.22 bits per heavy atom. The van der Waals surface area contributed by atoms with Gasteiger partial charge in [-0.2, -0.15) is 0 Å². The van der Waals surface area contributed by atoms with Crippen LogP contribution in [0.25, 0.3) is 5.70 Å². The molecule has 2 aromatic rings. The summed E-state index contributed by atoms with van der Waals surface area (Å²) in [5, 5.41) is 13.0. The smallest absolute Gasteiger partial charge is 0.254 e. The summed E-state index contributed by atoms with van der Waals surface area (Å²) < 4.78 is 5.38. The van der Waals surface area contributed by atoms with E-state index in [2.05, 4.69) is 19.2 Å². The molecular weight excluding hydrogens is 404 g/mol. The van der Waals surface area contributed by atoms with Crippen molar-refractivity contribution in [3.63, 3.8) is 0 Å². The van der Waals surface area contributed by atoms with E-state index in [0.717, 1.165) is 41.8 Å². The number of benzene rings is 2. The van der Waals surface area contributed by atoms with Crippen LogP contribution in [0.1, 0.15) is 58.5 Å². The Morgan fingerprint density at radius 2 is 2.00 bits per heavy atom. The number of ketones is 1. The third-order valence-corrected chi connectivity index (χ3v) is 6.23. The first kappa shape index (κ1) is 22.1. The molecule has 32 heavy (non-hydrogen) atoms. The van der Waals surface area contributed by atoms with Gasteiger partial charge in [0.25, 0.3) is 5.91 Å². The number of fused-ring (bicyclic) bond motifs is 1. The summed E-state index contributed by atoms with van der Waals surface area (Å²) in [5.74, 6) is 0.421. The van der Waals surface area contributed by atoms with Gasteiger partial charge in [0.2, 0.25) is 0 Å².